The lowest BCUT2D eigenvalue weighted by atomic mass is 9.95. The van der Waals surface area contributed by atoms with E-state index < -0.39 is 7.75 Å². The number of aliphatic hydroxyl groups is 1. The SMILES string of the molecule is COP(=O)(/N=C1/CC(c2ccc(CO)cc2)=CC(C)N1C)OC. The fraction of sp³-hybridized carbons (Fsp3) is 0.438. The Bertz CT molecular complexity index is 647. The van der Waals surface area contributed by atoms with Gasteiger partial charge in [-0.25, -0.2) is 4.57 Å². The third-order valence-corrected chi connectivity index (χ3v) is 5.41. The highest BCUT2D eigenvalue weighted by atomic mass is 31.2. The lowest BCUT2D eigenvalue weighted by Crippen LogP contribution is -2.37. The summed E-state index contributed by atoms with van der Waals surface area (Å²) in [7, 11) is 1.09. The zero-order valence-electron chi connectivity index (χ0n) is 13.9. The van der Waals surface area contributed by atoms with Gasteiger partial charge in [-0.05, 0) is 23.6 Å². The quantitative estimate of drug-likeness (QED) is 0.836. The summed E-state index contributed by atoms with van der Waals surface area (Å²) < 4.78 is 26.3. The molecule has 0 spiro atoms. The summed E-state index contributed by atoms with van der Waals surface area (Å²) in [5, 5.41) is 9.14. The van der Waals surface area contributed by atoms with Crippen LogP contribution in [0.25, 0.3) is 5.57 Å². The highest BCUT2D eigenvalue weighted by molar-refractivity contribution is 7.52. The second-order valence-electron chi connectivity index (χ2n) is 5.43. The zero-order valence-corrected chi connectivity index (χ0v) is 14.8. The normalized spacial score (nSPS) is 20.7. The number of benzene rings is 1. The van der Waals surface area contributed by atoms with E-state index in [1.807, 2.05) is 43.1 Å². The summed E-state index contributed by atoms with van der Waals surface area (Å²) in [6, 6.07) is 7.84. The average Bonchev–Trinajstić information content (AvgIpc) is 2.58. The molecule has 7 heteroatoms. The van der Waals surface area contributed by atoms with Gasteiger partial charge in [0.15, 0.2) is 0 Å². The predicted molar refractivity (Wildman–Crippen MR) is 91.2 cm³/mol. The molecule has 1 aliphatic heterocycles. The first-order chi connectivity index (χ1) is 10.9. The molecule has 0 saturated heterocycles. The molecule has 0 aliphatic carbocycles. The first-order valence-corrected chi connectivity index (χ1v) is 8.86. The van der Waals surface area contributed by atoms with Crippen molar-refractivity contribution in [3.05, 3.63) is 41.5 Å². The molecule has 0 saturated carbocycles. The van der Waals surface area contributed by atoms with Crippen LogP contribution in [0.15, 0.2) is 35.1 Å². The minimum atomic E-state index is -3.46. The molecule has 23 heavy (non-hydrogen) atoms. The van der Waals surface area contributed by atoms with Crippen LogP contribution in [0.2, 0.25) is 0 Å². The fourth-order valence-corrected chi connectivity index (χ4v) is 3.22. The van der Waals surface area contributed by atoms with E-state index in [1.54, 1.807) is 0 Å². The number of hydrogen-bond donors (Lipinski definition) is 1. The monoisotopic (exact) mass is 338 g/mol. The van der Waals surface area contributed by atoms with Crippen molar-refractivity contribution >= 4 is 19.2 Å². The van der Waals surface area contributed by atoms with E-state index in [0.29, 0.717) is 12.3 Å². The van der Waals surface area contributed by atoms with E-state index in [2.05, 4.69) is 10.8 Å². The Hall–Kier alpha value is -1.46. The van der Waals surface area contributed by atoms with Gasteiger partial charge in [-0.15, -0.1) is 0 Å². The fourth-order valence-electron chi connectivity index (χ4n) is 2.42. The standard InChI is InChI=1S/C16H23N2O4P/c1-12-9-15(14-7-5-13(11-19)6-8-14)10-16(18(12)2)17-23(20,21-3)22-4/h5-9,12,19H,10-11H2,1-4H3/b17-16-. The van der Waals surface area contributed by atoms with Gasteiger partial charge >= 0.3 is 7.75 Å². The van der Waals surface area contributed by atoms with Gasteiger partial charge in [-0.3, -0.25) is 9.05 Å². The maximum atomic E-state index is 12.3. The molecule has 126 valence electrons. The van der Waals surface area contributed by atoms with Gasteiger partial charge in [-0.2, -0.15) is 4.76 Å². The summed E-state index contributed by atoms with van der Waals surface area (Å²) in [5.74, 6) is 0.660. The molecule has 0 radical (unpaired) electrons. The Morgan fingerprint density at radius 3 is 2.43 bits per heavy atom. The second kappa shape index (κ2) is 7.41. The van der Waals surface area contributed by atoms with Crippen LogP contribution in [0.4, 0.5) is 0 Å². The van der Waals surface area contributed by atoms with Gasteiger partial charge < -0.3 is 10.0 Å². The van der Waals surface area contributed by atoms with Gasteiger partial charge in [0, 0.05) is 33.7 Å². The molecular formula is C16H23N2O4P. The molecule has 0 aromatic heterocycles. The Morgan fingerprint density at radius 1 is 1.30 bits per heavy atom. The summed E-state index contributed by atoms with van der Waals surface area (Å²) in [6.07, 6.45) is 2.69. The topological polar surface area (TPSA) is 71.4 Å². The minimum absolute atomic E-state index is 0.0238. The summed E-state index contributed by atoms with van der Waals surface area (Å²) in [6.45, 7) is 2.07. The second-order valence-corrected chi connectivity index (χ2v) is 7.29. The van der Waals surface area contributed by atoms with Gasteiger partial charge in [0.25, 0.3) is 0 Å². The lowest BCUT2D eigenvalue weighted by Gasteiger charge is -2.32. The van der Waals surface area contributed by atoms with Gasteiger partial charge in [0.1, 0.15) is 5.84 Å². The molecule has 1 aliphatic rings. The largest absolute Gasteiger partial charge is 0.454 e. The van der Waals surface area contributed by atoms with Crippen molar-refractivity contribution in [1.29, 1.82) is 0 Å². The number of aliphatic hydroxyl groups excluding tert-OH is 1. The summed E-state index contributed by atoms with van der Waals surface area (Å²) >= 11 is 0. The molecule has 1 N–H and O–H groups in total. The van der Waals surface area contributed by atoms with Crippen LogP contribution >= 0.6 is 7.75 Å². The Kier molecular flexibility index (Phi) is 5.76. The number of amidine groups is 1. The van der Waals surface area contributed by atoms with E-state index >= 15 is 0 Å². The van der Waals surface area contributed by atoms with Crippen molar-refractivity contribution in [2.75, 3.05) is 21.3 Å². The third-order valence-electron chi connectivity index (χ3n) is 4.02. The smallest absolute Gasteiger partial charge is 0.392 e. The molecule has 0 amide bonds. The lowest BCUT2D eigenvalue weighted by molar-refractivity contribution is 0.276. The first kappa shape index (κ1) is 17.9. The Morgan fingerprint density at radius 2 is 1.91 bits per heavy atom. The van der Waals surface area contributed by atoms with Crippen LogP contribution < -0.4 is 0 Å². The van der Waals surface area contributed by atoms with Gasteiger partial charge in [0.2, 0.25) is 0 Å². The molecule has 0 fully saturated rings. The van der Waals surface area contributed by atoms with Crippen LogP contribution in [-0.2, 0) is 20.2 Å². The van der Waals surface area contributed by atoms with E-state index in [0.717, 1.165) is 16.7 Å². The molecule has 1 aromatic carbocycles. The van der Waals surface area contributed by atoms with Crippen LogP contribution in [-0.4, -0.2) is 43.2 Å². The molecule has 6 nitrogen and oxygen atoms in total. The molecule has 1 atom stereocenters. The van der Waals surface area contributed by atoms with Crippen molar-refractivity contribution in [2.45, 2.75) is 26.0 Å². The van der Waals surface area contributed by atoms with E-state index in [9.17, 15) is 4.57 Å². The third kappa shape index (κ3) is 4.09. The molecule has 2 rings (SSSR count). The van der Waals surface area contributed by atoms with Crippen LogP contribution in [0.1, 0.15) is 24.5 Å². The van der Waals surface area contributed by atoms with E-state index in [-0.39, 0.29) is 12.6 Å². The van der Waals surface area contributed by atoms with Gasteiger partial charge in [-0.1, -0.05) is 30.3 Å². The highest BCUT2D eigenvalue weighted by Crippen LogP contribution is 2.49. The summed E-state index contributed by atoms with van der Waals surface area (Å²) in [4.78, 5) is 1.95. The van der Waals surface area contributed by atoms with Crippen molar-refractivity contribution in [2.24, 2.45) is 4.76 Å². The molecule has 1 aromatic rings. The van der Waals surface area contributed by atoms with Crippen molar-refractivity contribution in [3.8, 4) is 0 Å². The van der Waals surface area contributed by atoms with Gasteiger partial charge in [0.05, 0.1) is 6.61 Å². The molecule has 1 unspecified atom stereocenters. The Labute approximate surface area is 137 Å². The van der Waals surface area contributed by atoms with E-state index in [4.69, 9.17) is 14.2 Å². The number of rotatable bonds is 5. The van der Waals surface area contributed by atoms with Crippen molar-refractivity contribution < 1.29 is 18.7 Å². The predicted octanol–water partition coefficient (Wildman–Crippen LogP) is 3.09. The number of hydrogen-bond acceptors (Lipinski definition) is 4. The minimum Gasteiger partial charge on any atom is -0.392 e. The molecule has 0 bridgehead atoms. The zero-order chi connectivity index (χ0) is 17.0. The van der Waals surface area contributed by atoms with Crippen LogP contribution in [0, 0.1) is 0 Å². The average molecular weight is 338 g/mol. The molecular weight excluding hydrogens is 315 g/mol. The van der Waals surface area contributed by atoms with Crippen LogP contribution in [0.3, 0.4) is 0 Å². The van der Waals surface area contributed by atoms with Crippen molar-refractivity contribution in [1.82, 2.24) is 4.90 Å². The van der Waals surface area contributed by atoms with E-state index in [1.165, 1.54) is 14.2 Å². The number of nitrogens with zero attached hydrogens (tertiary/aromatic N) is 2. The maximum absolute atomic E-state index is 12.3. The maximum Gasteiger partial charge on any atom is 0.454 e. The van der Waals surface area contributed by atoms with Crippen molar-refractivity contribution in [3.63, 3.8) is 0 Å². The Balaban J connectivity index is 2.34. The molecule has 1 heterocycles. The summed E-state index contributed by atoms with van der Waals surface area (Å²) in [5.41, 5.74) is 3.02. The van der Waals surface area contributed by atoms with Crippen LogP contribution in [0.5, 0.6) is 0 Å². The highest BCUT2D eigenvalue weighted by Gasteiger charge is 2.27. The number of likely N-dealkylation sites (N-methyl/N-ethyl adjacent to an activating group) is 1. The first-order valence-electron chi connectivity index (χ1n) is 7.36.